The lowest BCUT2D eigenvalue weighted by Crippen LogP contribution is -2.36. The Kier molecular flexibility index (Phi) is 6.22. The molecule has 0 radical (unpaired) electrons. The molecular weight excluding hydrogens is 190 g/mol. The maximum absolute atomic E-state index is 5.66. The lowest BCUT2D eigenvalue weighted by Gasteiger charge is -2.21. The van der Waals surface area contributed by atoms with Crippen molar-refractivity contribution in [1.82, 2.24) is 5.32 Å². The van der Waals surface area contributed by atoms with Crippen molar-refractivity contribution in [3.05, 3.63) is 0 Å². The minimum atomic E-state index is 0.325. The molecule has 0 bridgehead atoms. The number of likely N-dealkylation sites (N-methyl/N-ethyl adjacent to an activating group) is 1. The van der Waals surface area contributed by atoms with Gasteiger partial charge in [-0.25, -0.2) is 0 Å². The molecule has 0 spiro atoms. The molecule has 3 heteroatoms. The van der Waals surface area contributed by atoms with Crippen molar-refractivity contribution in [2.75, 3.05) is 26.4 Å². The SMILES string of the molecule is CCNC(COC(C)C)CC1CCOC1. The number of ether oxygens (including phenoxy) is 2. The summed E-state index contributed by atoms with van der Waals surface area (Å²) in [6, 6.07) is 0.490. The minimum absolute atomic E-state index is 0.325. The molecule has 0 aliphatic carbocycles. The Morgan fingerprint density at radius 3 is 2.80 bits per heavy atom. The van der Waals surface area contributed by atoms with Crippen molar-refractivity contribution in [3.63, 3.8) is 0 Å². The molecule has 2 unspecified atom stereocenters. The minimum Gasteiger partial charge on any atom is -0.381 e. The highest BCUT2D eigenvalue weighted by Gasteiger charge is 2.20. The van der Waals surface area contributed by atoms with Crippen molar-refractivity contribution in [2.45, 2.75) is 45.8 Å². The average molecular weight is 215 g/mol. The van der Waals surface area contributed by atoms with Crippen LogP contribution in [0.25, 0.3) is 0 Å². The summed E-state index contributed by atoms with van der Waals surface area (Å²) in [5.41, 5.74) is 0. The number of hydrogen-bond acceptors (Lipinski definition) is 3. The van der Waals surface area contributed by atoms with Crippen LogP contribution in [0.15, 0.2) is 0 Å². The lowest BCUT2D eigenvalue weighted by atomic mass is 9.99. The van der Waals surface area contributed by atoms with Gasteiger partial charge in [-0.2, -0.15) is 0 Å². The Hall–Kier alpha value is -0.120. The van der Waals surface area contributed by atoms with Crippen LogP contribution in [0.1, 0.15) is 33.6 Å². The fourth-order valence-electron chi connectivity index (χ4n) is 1.98. The molecule has 3 nitrogen and oxygen atoms in total. The molecule has 0 saturated carbocycles. The monoisotopic (exact) mass is 215 g/mol. The molecule has 0 aromatic rings. The van der Waals surface area contributed by atoms with Crippen molar-refractivity contribution < 1.29 is 9.47 Å². The summed E-state index contributed by atoms with van der Waals surface area (Å²) < 4.78 is 11.1. The number of rotatable bonds is 7. The van der Waals surface area contributed by atoms with Gasteiger partial charge in [0.15, 0.2) is 0 Å². The molecule has 0 amide bonds. The van der Waals surface area contributed by atoms with E-state index in [-0.39, 0.29) is 0 Å². The highest BCUT2D eigenvalue weighted by atomic mass is 16.5. The third-order valence-corrected chi connectivity index (χ3v) is 2.77. The maximum atomic E-state index is 5.66. The van der Waals surface area contributed by atoms with E-state index in [2.05, 4.69) is 26.1 Å². The lowest BCUT2D eigenvalue weighted by molar-refractivity contribution is 0.0556. The standard InChI is InChI=1S/C12H25NO2/c1-4-13-12(9-15-10(2)3)7-11-5-6-14-8-11/h10-13H,4-9H2,1-3H3. The highest BCUT2D eigenvalue weighted by Crippen LogP contribution is 2.18. The molecule has 1 fully saturated rings. The van der Waals surface area contributed by atoms with Gasteiger partial charge in [0.1, 0.15) is 0 Å². The Balaban J connectivity index is 2.22. The second kappa shape index (κ2) is 7.20. The first-order chi connectivity index (χ1) is 7.22. The summed E-state index contributed by atoms with van der Waals surface area (Å²) in [5.74, 6) is 0.727. The fourth-order valence-corrected chi connectivity index (χ4v) is 1.98. The van der Waals surface area contributed by atoms with Crippen LogP contribution in [0.4, 0.5) is 0 Å². The van der Waals surface area contributed by atoms with Gasteiger partial charge in [-0.3, -0.25) is 0 Å². The quantitative estimate of drug-likeness (QED) is 0.702. The topological polar surface area (TPSA) is 30.5 Å². The molecular formula is C12H25NO2. The highest BCUT2D eigenvalue weighted by molar-refractivity contribution is 4.74. The van der Waals surface area contributed by atoms with Crippen LogP contribution in [0, 0.1) is 5.92 Å². The first-order valence-corrected chi connectivity index (χ1v) is 6.15. The van der Waals surface area contributed by atoms with Crippen molar-refractivity contribution >= 4 is 0 Å². The summed E-state index contributed by atoms with van der Waals surface area (Å²) in [5, 5.41) is 3.48. The summed E-state index contributed by atoms with van der Waals surface area (Å²) in [7, 11) is 0. The summed E-state index contributed by atoms with van der Waals surface area (Å²) in [4.78, 5) is 0. The Bertz CT molecular complexity index is 156. The van der Waals surface area contributed by atoms with E-state index >= 15 is 0 Å². The average Bonchev–Trinajstić information content (AvgIpc) is 2.67. The predicted molar refractivity (Wildman–Crippen MR) is 62.1 cm³/mol. The molecule has 1 aliphatic rings. The molecule has 1 saturated heterocycles. The van der Waals surface area contributed by atoms with Gasteiger partial charge in [0.2, 0.25) is 0 Å². The number of nitrogens with one attached hydrogen (secondary N) is 1. The van der Waals surface area contributed by atoms with Gasteiger partial charge in [0, 0.05) is 19.3 Å². The zero-order valence-corrected chi connectivity index (χ0v) is 10.3. The zero-order chi connectivity index (χ0) is 11.1. The maximum Gasteiger partial charge on any atom is 0.0623 e. The first kappa shape index (κ1) is 12.9. The third-order valence-electron chi connectivity index (χ3n) is 2.77. The van der Waals surface area contributed by atoms with E-state index in [1.165, 1.54) is 12.8 Å². The smallest absolute Gasteiger partial charge is 0.0623 e. The third kappa shape index (κ3) is 5.50. The van der Waals surface area contributed by atoms with Crippen LogP contribution in [-0.2, 0) is 9.47 Å². The van der Waals surface area contributed by atoms with Gasteiger partial charge in [0.05, 0.1) is 12.7 Å². The van der Waals surface area contributed by atoms with Crippen LogP contribution in [0.3, 0.4) is 0 Å². The van der Waals surface area contributed by atoms with Gasteiger partial charge in [-0.15, -0.1) is 0 Å². The van der Waals surface area contributed by atoms with Gasteiger partial charge < -0.3 is 14.8 Å². The van der Waals surface area contributed by atoms with E-state index in [0.717, 1.165) is 32.3 Å². The van der Waals surface area contributed by atoms with E-state index in [4.69, 9.17) is 9.47 Å². The van der Waals surface area contributed by atoms with Crippen molar-refractivity contribution in [3.8, 4) is 0 Å². The molecule has 0 aromatic heterocycles. The molecule has 15 heavy (non-hydrogen) atoms. The molecule has 1 rings (SSSR count). The van der Waals surface area contributed by atoms with Gasteiger partial charge >= 0.3 is 0 Å². The summed E-state index contributed by atoms with van der Waals surface area (Å²) in [6.07, 6.45) is 2.72. The Morgan fingerprint density at radius 2 is 2.27 bits per heavy atom. The summed E-state index contributed by atoms with van der Waals surface area (Å²) in [6.45, 7) is 10.0. The number of hydrogen-bond donors (Lipinski definition) is 1. The van der Waals surface area contributed by atoms with E-state index in [9.17, 15) is 0 Å². The van der Waals surface area contributed by atoms with Crippen LogP contribution >= 0.6 is 0 Å². The predicted octanol–water partition coefficient (Wildman–Crippen LogP) is 1.82. The molecule has 1 aliphatic heterocycles. The van der Waals surface area contributed by atoms with E-state index in [1.54, 1.807) is 0 Å². The Labute approximate surface area is 93.5 Å². The van der Waals surface area contributed by atoms with Crippen LogP contribution in [0.5, 0.6) is 0 Å². The first-order valence-electron chi connectivity index (χ1n) is 6.15. The molecule has 1 heterocycles. The van der Waals surface area contributed by atoms with Gasteiger partial charge in [0.25, 0.3) is 0 Å². The molecule has 2 atom stereocenters. The van der Waals surface area contributed by atoms with Crippen molar-refractivity contribution in [2.24, 2.45) is 5.92 Å². The van der Waals surface area contributed by atoms with Crippen LogP contribution in [0.2, 0.25) is 0 Å². The van der Waals surface area contributed by atoms with Crippen LogP contribution in [-0.4, -0.2) is 38.5 Å². The molecule has 90 valence electrons. The van der Waals surface area contributed by atoms with E-state index in [0.29, 0.717) is 12.1 Å². The normalized spacial score (nSPS) is 23.6. The summed E-state index contributed by atoms with van der Waals surface area (Å²) >= 11 is 0. The molecule has 0 aromatic carbocycles. The van der Waals surface area contributed by atoms with E-state index in [1.807, 2.05) is 0 Å². The van der Waals surface area contributed by atoms with E-state index < -0.39 is 0 Å². The van der Waals surface area contributed by atoms with Gasteiger partial charge in [-0.1, -0.05) is 6.92 Å². The molecule has 1 N–H and O–H groups in total. The van der Waals surface area contributed by atoms with Gasteiger partial charge in [-0.05, 0) is 39.2 Å². The zero-order valence-electron chi connectivity index (χ0n) is 10.3. The largest absolute Gasteiger partial charge is 0.381 e. The van der Waals surface area contributed by atoms with Crippen molar-refractivity contribution in [1.29, 1.82) is 0 Å². The fraction of sp³-hybridized carbons (Fsp3) is 1.00. The Morgan fingerprint density at radius 1 is 1.47 bits per heavy atom. The second-order valence-electron chi connectivity index (χ2n) is 4.60. The van der Waals surface area contributed by atoms with Crippen LogP contribution < -0.4 is 5.32 Å². The second-order valence-corrected chi connectivity index (χ2v) is 4.60.